The van der Waals surface area contributed by atoms with E-state index in [2.05, 4.69) is 38.8 Å². The number of aliphatic hydroxyl groups excluding tert-OH is 2. The summed E-state index contributed by atoms with van der Waals surface area (Å²) < 4.78 is 5.29. The molecule has 1 saturated carbocycles. The SMILES string of the molecule is C/C1=C/[C@H](C)COC(=O)CC(O)C(C)(C)C(=O)C(C)CC(C)CCC1.C/C=C(/C=C(C)C)N=C(CO)C1CCC1. The Kier molecular flexibility index (Phi) is 15.9. The molecule has 228 valence electrons. The Morgan fingerprint density at radius 2 is 1.77 bits per heavy atom. The van der Waals surface area contributed by atoms with Crippen molar-refractivity contribution < 1.29 is 24.5 Å². The maximum atomic E-state index is 12.8. The van der Waals surface area contributed by atoms with Crippen LogP contribution in [-0.4, -0.2) is 47.0 Å². The number of carbonyl (C=O) groups excluding carboxylic acids is 2. The van der Waals surface area contributed by atoms with Gasteiger partial charge in [0.05, 0.1) is 36.9 Å². The third-order valence-electron chi connectivity index (χ3n) is 8.12. The van der Waals surface area contributed by atoms with Gasteiger partial charge in [-0.05, 0) is 77.7 Å². The number of carbonyl (C=O) groups is 2. The van der Waals surface area contributed by atoms with Gasteiger partial charge >= 0.3 is 5.97 Å². The minimum absolute atomic E-state index is 0.0242. The van der Waals surface area contributed by atoms with E-state index in [0.717, 1.165) is 37.1 Å². The molecule has 40 heavy (non-hydrogen) atoms. The van der Waals surface area contributed by atoms with Crippen LogP contribution in [0.1, 0.15) is 114 Å². The molecule has 1 aliphatic heterocycles. The highest BCUT2D eigenvalue weighted by Crippen LogP contribution is 2.32. The molecule has 0 aromatic carbocycles. The van der Waals surface area contributed by atoms with Gasteiger partial charge in [0.15, 0.2) is 0 Å². The van der Waals surface area contributed by atoms with Crippen LogP contribution in [0, 0.1) is 29.1 Å². The summed E-state index contributed by atoms with van der Waals surface area (Å²) in [4.78, 5) is 29.4. The van der Waals surface area contributed by atoms with Gasteiger partial charge < -0.3 is 14.9 Å². The fourth-order valence-corrected chi connectivity index (χ4v) is 5.31. The van der Waals surface area contributed by atoms with Gasteiger partial charge in [0.2, 0.25) is 0 Å². The zero-order valence-electron chi connectivity index (χ0n) is 26.8. The Labute approximate surface area is 244 Å². The lowest BCUT2D eigenvalue weighted by atomic mass is 9.74. The Morgan fingerprint density at radius 1 is 1.12 bits per heavy atom. The Hall–Kier alpha value is -2.05. The van der Waals surface area contributed by atoms with Crippen LogP contribution in [-0.2, 0) is 14.3 Å². The standard InChI is InChI=1S/C21H36O4.C13H21NO/c1-14-8-7-9-15(2)11-17(4)20(24)21(5,6)18(22)12-19(23)25-13-16(3)10-14;1-4-12(8-10(2)3)14-13(9-15)11-6-5-7-11/h10,15-18,22H,7-9,11-13H2,1-6H3;4,8,11,15H,5-7,9H2,1-3H3/b14-10-;12-4-,14-13?/t15?,16-,17?,18?;/m0./s1. The highest BCUT2D eigenvalue weighted by Gasteiger charge is 2.39. The van der Waals surface area contributed by atoms with Gasteiger partial charge in [-0.1, -0.05) is 70.8 Å². The van der Waals surface area contributed by atoms with E-state index in [1.165, 1.54) is 30.4 Å². The number of aliphatic hydroxyl groups is 2. The number of rotatable bonds is 4. The third kappa shape index (κ3) is 12.6. The molecule has 1 fully saturated rings. The van der Waals surface area contributed by atoms with Gasteiger partial charge in [-0.25, -0.2) is 0 Å². The molecule has 3 unspecified atom stereocenters. The lowest BCUT2D eigenvalue weighted by molar-refractivity contribution is -0.151. The molecular weight excluding hydrogens is 502 g/mol. The smallest absolute Gasteiger partial charge is 0.308 e. The van der Waals surface area contributed by atoms with Crippen LogP contribution >= 0.6 is 0 Å². The minimum Gasteiger partial charge on any atom is -0.465 e. The molecular formula is C34H57NO5. The van der Waals surface area contributed by atoms with Crippen LogP contribution in [0.3, 0.4) is 0 Å². The average molecular weight is 560 g/mol. The minimum atomic E-state index is -1.02. The molecule has 0 amide bonds. The molecule has 0 aromatic rings. The fourth-order valence-electron chi connectivity index (χ4n) is 5.31. The first-order chi connectivity index (χ1) is 18.7. The number of nitrogens with zero attached hydrogens (tertiary/aromatic N) is 1. The summed E-state index contributed by atoms with van der Waals surface area (Å²) in [6, 6.07) is 0. The zero-order valence-corrected chi connectivity index (χ0v) is 26.8. The van der Waals surface area contributed by atoms with Gasteiger partial charge in [-0.3, -0.25) is 14.6 Å². The molecule has 0 bridgehead atoms. The van der Waals surface area contributed by atoms with Crippen molar-refractivity contribution in [2.24, 2.45) is 34.1 Å². The molecule has 6 heteroatoms. The average Bonchev–Trinajstić information content (AvgIpc) is 2.84. The number of ketones is 1. The second kappa shape index (κ2) is 17.7. The molecule has 1 aliphatic carbocycles. The zero-order chi connectivity index (χ0) is 30.5. The summed E-state index contributed by atoms with van der Waals surface area (Å²) >= 11 is 0. The molecule has 0 aromatic heterocycles. The van der Waals surface area contributed by atoms with Gasteiger partial charge in [0.1, 0.15) is 5.78 Å². The van der Waals surface area contributed by atoms with Crippen LogP contribution in [0.5, 0.6) is 0 Å². The number of Topliss-reactive ketones (excluding diaryl/α,β-unsaturated/α-hetero) is 1. The molecule has 4 atom stereocenters. The first kappa shape index (κ1) is 36.0. The van der Waals surface area contributed by atoms with Crippen LogP contribution in [0.2, 0.25) is 0 Å². The number of esters is 1. The number of hydrogen-bond donors (Lipinski definition) is 2. The fraction of sp³-hybridized carbons (Fsp3) is 0.735. The van der Waals surface area contributed by atoms with Crippen molar-refractivity contribution in [1.82, 2.24) is 0 Å². The molecule has 0 radical (unpaired) electrons. The molecule has 2 N–H and O–H groups in total. The Bertz CT molecular complexity index is 934. The molecule has 2 aliphatic rings. The molecule has 1 heterocycles. The lowest BCUT2D eigenvalue weighted by Crippen LogP contribution is -2.42. The van der Waals surface area contributed by atoms with Crippen molar-refractivity contribution in [3.05, 3.63) is 35.1 Å². The molecule has 6 nitrogen and oxygen atoms in total. The topological polar surface area (TPSA) is 96.2 Å². The molecule has 0 saturated heterocycles. The van der Waals surface area contributed by atoms with E-state index >= 15 is 0 Å². The number of hydrogen-bond acceptors (Lipinski definition) is 6. The van der Waals surface area contributed by atoms with E-state index in [1.807, 2.05) is 32.9 Å². The number of cyclic esters (lactones) is 1. The first-order valence-electron chi connectivity index (χ1n) is 15.3. The summed E-state index contributed by atoms with van der Waals surface area (Å²) in [5.74, 6) is 0.599. The summed E-state index contributed by atoms with van der Waals surface area (Å²) in [6.45, 7) is 18.2. The monoisotopic (exact) mass is 559 g/mol. The normalized spacial score (nSPS) is 29.2. The highest BCUT2D eigenvalue weighted by molar-refractivity contribution is 5.89. The van der Waals surface area contributed by atoms with Gasteiger partial charge in [-0.2, -0.15) is 0 Å². The van der Waals surface area contributed by atoms with E-state index in [1.54, 1.807) is 13.8 Å². The van der Waals surface area contributed by atoms with Crippen molar-refractivity contribution >= 4 is 17.5 Å². The van der Waals surface area contributed by atoms with Gasteiger partial charge in [0, 0.05) is 17.5 Å². The van der Waals surface area contributed by atoms with Gasteiger partial charge in [0.25, 0.3) is 0 Å². The summed E-state index contributed by atoms with van der Waals surface area (Å²) in [7, 11) is 0. The van der Waals surface area contributed by atoms with E-state index in [-0.39, 0.29) is 30.6 Å². The van der Waals surface area contributed by atoms with Crippen molar-refractivity contribution in [3.8, 4) is 0 Å². The highest BCUT2D eigenvalue weighted by atomic mass is 16.5. The Balaban J connectivity index is 0.000000453. The van der Waals surface area contributed by atoms with E-state index in [9.17, 15) is 19.8 Å². The van der Waals surface area contributed by atoms with Crippen molar-refractivity contribution in [3.63, 3.8) is 0 Å². The number of aliphatic imine (C=N–C) groups is 1. The van der Waals surface area contributed by atoms with E-state index in [0.29, 0.717) is 18.4 Å². The molecule has 2 rings (SSSR count). The number of allylic oxidation sites excluding steroid dienone is 4. The summed E-state index contributed by atoms with van der Waals surface area (Å²) in [5, 5.41) is 19.7. The van der Waals surface area contributed by atoms with Crippen LogP contribution in [0.25, 0.3) is 0 Å². The first-order valence-corrected chi connectivity index (χ1v) is 15.3. The van der Waals surface area contributed by atoms with Crippen LogP contribution in [0.4, 0.5) is 0 Å². The summed E-state index contributed by atoms with van der Waals surface area (Å²) in [6.07, 6.45) is 12.7. The quantitative estimate of drug-likeness (QED) is 0.162. The second-order valence-electron chi connectivity index (χ2n) is 12.9. The van der Waals surface area contributed by atoms with Gasteiger partial charge in [-0.15, -0.1) is 0 Å². The van der Waals surface area contributed by atoms with E-state index < -0.39 is 17.5 Å². The predicted molar refractivity (Wildman–Crippen MR) is 165 cm³/mol. The summed E-state index contributed by atoms with van der Waals surface area (Å²) in [5.41, 5.74) is 3.51. The second-order valence-corrected chi connectivity index (χ2v) is 12.9. The maximum absolute atomic E-state index is 12.8. The van der Waals surface area contributed by atoms with Crippen molar-refractivity contribution in [1.29, 1.82) is 0 Å². The van der Waals surface area contributed by atoms with Crippen molar-refractivity contribution in [2.75, 3.05) is 13.2 Å². The van der Waals surface area contributed by atoms with E-state index in [4.69, 9.17) is 4.74 Å². The predicted octanol–water partition coefficient (Wildman–Crippen LogP) is 7.39. The lowest BCUT2D eigenvalue weighted by Gasteiger charge is -2.32. The van der Waals surface area contributed by atoms with Crippen molar-refractivity contribution in [2.45, 2.75) is 120 Å². The van der Waals surface area contributed by atoms with Crippen LogP contribution in [0.15, 0.2) is 40.1 Å². The third-order valence-corrected chi connectivity index (χ3v) is 8.12. The maximum Gasteiger partial charge on any atom is 0.308 e. The Morgan fingerprint density at radius 3 is 2.30 bits per heavy atom. The van der Waals surface area contributed by atoms with Crippen LogP contribution < -0.4 is 0 Å². The molecule has 0 spiro atoms. The largest absolute Gasteiger partial charge is 0.465 e. The number of ether oxygens (including phenoxy) is 1.